The van der Waals surface area contributed by atoms with Gasteiger partial charge in [0.05, 0.1) is 5.41 Å². The van der Waals surface area contributed by atoms with Crippen molar-refractivity contribution in [3.63, 3.8) is 0 Å². The first-order valence-electron chi connectivity index (χ1n) is 3.27. The Balaban J connectivity index is 4.32. The first-order chi connectivity index (χ1) is 4.90. The van der Waals surface area contributed by atoms with Crippen LogP contribution in [0.1, 0.15) is 27.2 Å². The minimum atomic E-state index is -0.937. The van der Waals surface area contributed by atoms with Crippen LogP contribution in [-0.2, 0) is 9.59 Å². The summed E-state index contributed by atoms with van der Waals surface area (Å²) in [4.78, 5) is 31.1. The number of Topliss-reactive ketones (excluding diaryl/α,β-unsaturated/α-hetero) is 1. The smallest absolute Gasteiger partial charge is 0.292 e. The maximum absolute atomic E-state index is 10.7. The molecule has 0 aliphatic carbocycles. The van der Waals surface area contributed by atoms with Crippen molar-refractivity contribution < 1.29 is 9.59 Å². The second-order valence-electron chi connectivity index (χ2n) is 3.16. The van der Waals surface area contributed by atoms with E-state index in [4.69, 9.17) is 0 Å². The number of nitrogens with zero attached hydrogens (tertiary/aromatic N) is 1. The first kappa shape index (κ1) is 9.94. The van der Waals surface area contributed by atoms with Crippen LogP contribution in [0, 0.1) is 10.3 Å². The maximum atomic E-state index is 10.7. The molecule has 0 aromatic heterocycles. The highest BCUT2D eigenvalue weighted by molar-refractivity contribution is 5.88. The predicted molar refractivity (Wildman–Crippen MR) is 39.9 cm³/mol. The molecule has 0 aliphatic rings. The van der Waals surface area contributed by atoms with Gasteiger partial charge in [-0.3, -0.25) is 9.59 Å². The van der Waals surface area contributed by atoms with Gasteiger partial charge in [0.1, 0.15) is 5.78 Å². The van der Waals surface area contributed by atoms with E-state index in [1.807, 2.05) is 0 Å². The van der Waals surface area contributed by atoms with Crippen molar-refractivity contribution >= 4 is 11.7 Å². The molecule has 0 spiro atoms. The van der Waals surface area contributed by atoms with Crippen molar-refractivity contribution in [2.75, 3.05) is 0 Å². The molecule has 0 unspecified atom stereocenters. The fourth-order valence-corrected chi connectivity index (χ4v) is 0.822. The number of nitroso groups, excluding NO2 is 1. The number of hydrogen-bond donors (Lipinski definition) is 0. The lowest BCUT2D eigenvalue weighted by Gasteiger charge is -2.15. The predicted octanol–water partition coefficient (Wildman–Crippen LogP) is 1.28. The summed E-state index contributed by atoms with van der Waals surface area (Å²) in [5, 5.41) is 2.27. The molecule has 0 heterocycles. The van der Waals surface area contributed by atoms with E-state index in [0.29, 0.717) is 0 Å². The number of rotatable bonds is 3. The average molecular weight is 157 g/mol. The highest BCUT2D eigenvalue weighted by Crippen LogP contribution is 2.22. The van der Waals surface area contributed by atoms with Crippen LogP contribution in [0.15, 0.2) is 5.18 Å². The van der Waals surface area contributed by atoms with Gasteiger partial charge in [0.15, 0.2) is 0 Å². The molecule has 0 fully saturated rings. The summed E-state index contributed by atoms with van der Waals surface area (Å²) in [5.41, 5.74) is -0.937. The zero-order valence-electron chi connectivity index (χ0n) is 6.88. The molecule has 0 aliphatic heterocycles. The van der Waals surface area contributed by atoms with Crippen molar-refractivity contribution in [2.45, 2.75) is 27.2 Å². The van der Waals surface area contributed by atoms with Crippen molar-refractivity contribution in [1.82, 2.24) is 0 Å². The van der Waals surface area contributed by atoms with Gasteiger partial charge in [-0.1, -0.05) is 13.8 Å². The Labute approximate surface area is 64.9 Å². The van der Waals surface area contributed by atoms with Crippen LogP contribution < -0.4 is 0 Å². The molecule has 11 heavy (non-hydrogen) atoms. The summed E-state index contributed by atoms with van der Waals surface area (Å²) in [6.07, 6.45) is 0.0670. The standard InChI is InChI=1S/C7H11NO3/c1-5(9)4-7(2,3)6(10)8-11/h4H2,1-3H3. The van der Waals surface area contributed by atoms with E-state index >= 15 is 0 Å². The molecule has 0 N–H and O–H groups in total. The lowest BCUT2D eigenvalue weighted by atomic mass is 9.87. The van der Waals surface area contributed by atoms with Crippen molar-refractivity contribution in [2.24, 2.45) is 10.6 Å². The third-order valence-electron chi connectivity index (χ3n) is 1.35. The SMILES string of the molecule is CC(=O)CC(C)(C)C(=O)N=O. The second kappa shape index (κ2) is 3.37. The van der Waals surface area contributed by atoms with E-state index in [1.165, 1.54) is 20.8 Å². The van der Waals surface area contributed by atoms with Gasteiger partial charge in [0.2, 0.25) is 0 Å². The second-order valence-corrected chi connectivity index (χ2v) is 3.16. The number of hydrogen-bond acceptors (Lipinski definition) is 3. The maximum Gasteiger partial charge on any atom is 0.292 e. The number of carbonyl (C=O) groups is 2. The topological polar surface area (TPSA) is 63.6 Å². The van der Waals surface area contributed by atoms with Crippen molar-refractivity contribution in [3.8, 4) is 0 Å². The van der Waals surface area contributed by atoms with Gasteiger partial charge in [-0.05, 0) is 6.92 Å². The van der Waals surface area contributed by atoms with E-state index in [-0.39, 0.29) is 12.2 Å². The quantitative estimate of drug-likeness (QED) is 0.580. The molecule has 4 nitrogen and oxygen atoms in total. The first-order valence-corrected chi connectivity index (χ1v) is 3.27. The lowest BCUT2D eigenvalue weighted by Crippen LogP contribution is -2.24. The van der Waals surface area contributed by atoms with Crippen LogP contribution >= 0.6 is 0 Å². The van der Waals surface area contributed by atoms with E-state index in [1.54, 1.807) is 0 Å². The third-order valence-corrected chi connectivity index (χ3v) is 1.35. The zero-order valence-corrected chi connectivity index (χ0v) is 6.88. The molecular weight excluding hydrogens is 146 g/mol. The molecule has 0 aromatic rings. The fourth-order valence-electron chi connectivity index (χ4n) is 0.822. The van der Waals surface area contributed by atoms with Crippen LogP contribution in [-0.4, -0.2) is 11.7 Å². The Bertz CT molecular complexity index is 196. The number of carbonyl (C=O) groups excluding carboxylic acids is 2. The zero-order chi connectivity index (χ0) is 9.07. The van der Waals surface area contributed by atoms with Gasteiger partial charge in [0.25, 0.3) is 5.91 Å². The Morgan fingerprint density at radius 3 is 2.09 bits per heavy atom. The van der Waals surface area contributed by atoms with Crippen LogP contribution in [0.2, 0.25) is 0 Å². The molecular formula is C7H11NO3. The molecule has 4 heteroatoms. The molecule has 0 saturated heterocycles. The van der Waals surface area contributed by atoms with Gasteiger partial charge >= 0.3 is 0 Å². The van der Waals surface area contributed by atoms with Crippen LogP contribution in [0.4, 0.5) is 0 Å². The van der Waals surface area contributed by atoms with E-state index < -0.39 is 11.3 Å². The molecule has 0 radical (unpaired) electrons. The molecule has 0 atom stereocenters. The monoisotopic (exact) mass is 157 g/mol. The Kier molecular flexibility index (Phi) is 3.04. The molecule has 1 amide bonds. The summed E-state index contributed by atoms with van der Waals surface area (Å²) in [6, 6.07) is 0. The Morgan fingerprint density at radius 2 is 1.82 bits per heavy atom. The van der Waals surface area contributed by atoms with Gasteiger partial charge in [-0.2, -0.15) is 0 Å². The molecule has 0 rings (SSSR count). The van der Waals surface area contributed by atoms with E-state index in [9.17, 15) is 14.5 Å². The molecule has 0 aromatic carbocycles. The average Bonchev–Trinajstić information content (AvgIpc) is 1.83. The normalized spacial score (nSPS) is 10.8. The van der Waals surface area contributed by atoms with Gasteiger partial charge in [-0.25, -0.2) is 0 Å². The Hall–Kier alpha value is -1.06. The number of amides is 1. The highest BCUT2D eigenvalue weighted by atomic mass is 16.3. The largest absolute Gasteiger partial charge is 0.300 e. The third kappa shape index (κ3) is 3.02. The van der Waals surface area contributed by atoms with E-state index in [2.05, 4.69) is 5.18 Å². The van der Waals surface area contributed by atoms with Crippen molar-refractivity contribution in [1.29, 1.82) is 0 Å². The summed E-state index contributed by atoms with van der Waals surface area (Å²) in [6.45, 7) is 4.43. The highest BCUT2D eigenvalue weighted by Gasteiger charge is 2.29. The van der Waals surface area contributed by atoms with Crippen LogP contribution in [0.25, 0.3) is 0 Å². The van der Waals surface area contributed by atoms with Gasteiger partial charge in [-0.15, -0.1) is 4.91 Å². The summed E-state index contributed by atoms with van der Waals surface area (Å²) >= 11 is 0. The van der Waals surface area contributed by atoms with Crippen LogP contribution in [0.5, 0.6) is 0 Å². The minimum Gasteiger partial charge on any atom is -0.300 e. The minimum absolute atomic E-state index is 0.0670. The molecule has 62 valence electrons. The fraction of sp³-hybridized carbons (Fsp3) is 0.714. The number of ketones is 1. The summed E-state index contributed by atoms with van der Waals surface area (Å²) in [5.74, 6) is -0.889. The van der Waals surface area contributed by atoms with Gasteiger partial charge in [0, 0.05) is 11.6 Å². The van der Waals surface area contributed by atoms with E-state index in [0.717, 1.165) is 0 Å². The van der Waals surface area contributed by atoms with Crippen LogP contribution in [0.3, 0.4) is 0 Å². The summed E-state index contributed by atoms with van der Waals surface area (Å²) in [7, 11) is 0. The van der Waals surface area contributed by atoms with Crippen molar-refractivity contribution in [3.05, 3.63) is 4.91 Å². The van der Waals surface area contributed by atoms with Gasteiger partial charge < -0.3 is 0 Å². The molecule has 0 saturated carbocycles. The lowest BCUT2D eigenvalue weighted by molar-refractivity contribution is -0.130. The Morgan fingerprint density at radius 1 is 1.36 bits per heavy atom. The molecule has 0 bridgehead atoms. The summed E-state index contributed by atoms with van der Waals surface area (Å²) < 4.78 is 0.